The number of rotatable bonds is 2. The maximum absolute atomic E-state index is 12.8. The largest absolute Gasteiger partial charge is 0.433 e. The van der Waals surface area contributed by atoms with Crippen molar-refractivity contribution in [3.63, 3.8) is 0 Å². The molecule has 0 spiro atoms. The molecular weight excluding hydrogens is 383 g/mol. The average Bonchev–Trinajstić information content (AvgIpc) is 3.02. The molecule has 0 atom stereocenters. The molecule has 3 aromatic heterocycles. The molecule has 0 fully saturated rings. The highest BCUT2D eigenvalue weighted by Gasteiger charge is 2.32. The van der Waals surface area contributed by atoms with Crippen LogP contribution in [0.1, 0.15) is 5.69 Å². The minimum absolute atomic E-state index is 0.175. The lowest BCUT2D eigenvalue weighted by atomic mass is 9.98. The topological polar surface area (TPSA) is 75.9 Å². The summed E-state index contributed by atoms with van der Waals surface area (Å²) in [5, 5.41) is 10.8. The molecule has 0 aliphatic carbocycles. The second-order valence-electron chi connectivity index (χ2n) is 5.63. The molecule has 1 N–H and O–H groups in total. The summed E-state index contributed by atoms with van der Waals surface area (Å²) in [5.41, 5.74) is 0.664. The van der Waals surface area contributed by atoms with Gasteiger partial charge in [-0.3, -0.25) is 4.98 Å². The summed E-state index contributed by atoms with van der Waals surface area (Å²) in [6, 6.07) is 8.98. The number of nitrogens with zero attached hydrogens (tertiary/aromatic N) is 4. The van der Waals surface area contributed by atoms with Crippen LogP contribution in [-0.4, -0.2) is 24.8 Å². The fourth-order valence-electron chi connectivity index (χ4n) is 2.70. The Balaban J connectivity index is 1.98. The minimum Gasteiger partial charge on any atom is -0.251 e. The smallest absolute Gasteiger partial charge is 0.251 e. The third-order valence-corrected chi connectivity index (χ3v) is 4.20. The predicted octanol–water partition coefficient (Wildman–Crippen LogP) is 3.82. The van der Waals surface area contributed by atoms with Gasteiger partial charge in [0.15, 0.2) is 5.65 Å². The van der Waals surface area contributed by atoms with Crippen LogP contribution in [0.2, 0.25) is 5.02 Å². The van der Waals surface area contributed by atoms with E-state index in [0.29, 0.717) is 27.3 Å². The van der Waals surface area contributed by atoms with E-state index < -0.39 is 17.6 Å². The van der Waals surface area contributed by atoms with Gasteiger partial charge in [-0.2, -0.15) is 27.9 Å². The van der Waals surface area contributed by atoms with E-state index >= 15 is 0 Å². The number of aromatic amines is 1. The first-order valence-electron chi connectivity index (χ1n) is 7.60. The monoisotopic (exact) mass is 391 g/mol. The fourth-order valence-corrected chi connectivity index (χ4v) is 2.83. The first-order chi connectivity index (χ1) is 12.8. The predicted molar refractivity (Wildman–Crippen MR) is 92.3 cm³/mol. The molecule has 4 aromatic rings. The van der Waals surface area contributed by atoms with E-state index in [9.17, 15) is 18.0 Å². The van der Waals surface area contributed by atoms with Crippen LogP contribution in [0.3, 0.4) is 0 Å². The summed E-state index contributed by atoms with van der Waals surface area (Å²) in [6.07, 6.45) is -2.01. The van der Waals surface area contributed by atoms with Gasteiger partial charge in [-0.1, -0.05) is 29.8 Å². The summed E-state index contributed by atoms with van der Waals surface area (Å²) in [5.74, 6) is 0. The molecule has 0 amide bonds. The maximum Gasteiger partial charge on any atom is 0.433 e. The van der Waals surface area contributed by atoms with Gasteiger partial charge in [-0.25, -0.2) is 9.89 Å². The molecule has 1 aromatic carbocycles. The number of pyridine rings is 1. The Labute approximate surface area is 154 Å². The van der Waals surface area contributed by atoms with Crippen LogP contribution < -0.4 is 5.69 Å². The number of halogens is 4. The van der Waals surface area contributed by atoms with Gasteiger partial charge in [0.05, 0.1) is 6.20 Å². The van der Waals surface area contributed by atoms with Crippen LogP contribution >= 0.6 is 11.6 Å². The first-order valence-corrected chi connectivity index (χ1v) is 7.98. The van der Waals surface area contributed by atoms with Crippen molar-refractivity contribution in [3.05, 3.63) is 70.0 Å². The maximum atomic E-state index is 12.8. The van der Waals surface area contributed by atoms with Gasteiger partial charge < -0.3 is 0 Å². The Hall–Kier alpha value is -3.20. The molecule has 0 aliphatic heterocycles. The average molecular weight is 392 g/mol. The van der Waals surface area contributed by atoms with Crippen LogP contribution in [0, 0.1) is 0 Å². The van der Waals surface area contributed by atoms with Crippen molar-refractivity contribution in [3.8, 4) is 22.3 Å². The van der Waals surface area contributed by atoms with Crippen LogP contribution in [0.25, 0.3) is 27.9 Å². The second kappa shape index (κ2) is 6.20. The minimum atomic E-state index is -4.55. The molecule has 0 saturated heterocycles. The van der Waals surface area contributed by atoms with Gasteiger partial charge in [0, 0.05) is 27.9 Å². The Morgan fingerprint density at radius 2 is 1.70 bits per heavy atom. The Kier molecular flexibility index (Phi) is 3.96. The van der Waals surface area contributed by atoms with Crippen molar-refractivity contribution in [2.75, 3.05) is 0 Å². The van der Waals surface area contributed by atoms with Crippen LogP contribution in [0.4, 0.5) is 13.2 Å². The number of benzene rings is 1. The molecule has 136 valence electrons. The number of H-pyrrole nitrogens is 1. The summed E-state index contributed by atoms with van der Waals surface area (Å²) in [7, 11) is 0. The Bertz CT molecular complexity index is 1180. The number of fused-ring (bicyclic) bond motifs is 1. The normalized spacial score (nSPS) is 11.9. The van der Waals surface area contributed by atoms with Crippen molar-refractivity contribution >= 4 is 17.2 Å². The number of aromatic nitrogens is 5. The molecule has 0 aliphatic rings. The van der Waals surface area contributed by atoms with Gasteiger partial charge in [-0.05, 0) is 23.8 Å². The Morgan fingerprint density at radius 3 is 2.33 bits per heavy atom. The summed E-state index contributed by atoms with van der Waals surface area (Å²) in [4.78, 5) is 15.3. The number of hydrogen-bond donors (Lipinski definition) is 1. The lowest BCUT2D eigenvalue weighted by Crippen LogP contribution is -2.12. The molecule has 0 saturated carbocycles. The van der Waals surface area contributed by atoms with Gasteiger partial charge >= 0.3 is 11.9 Å². The fraction of sp³-hybridized carbons (Fsp3) is 0.0588. The molecule has 6 nitrogen and oxygen atoms in total. The van der Waals surface area contributed by atoms with E-state index in [1.165, 1.54) is 12.3 Å². The lowest BCUT2D eigenvalue weighted by molar-refractivity contribution is -0.141. The molecular formula is C17H9ClF3N5O. The highest BCUT2D eigenvalue weighted by Crippen LogP contribution is 2.35. The summed E-state index contributed by atoms with van der Waals surface area (Å²) in [6.45, 7) is 0. The zero-order valence-electron chi connectivity index (χ0n) is 13.3. The number of nitrogens with one attached hydrogen (secondary N) is 1. The summed E-state index contributed by atoms with van der Waals surface area (Å²) >= 11 is 5.92. The highest BCUT2D eigenvalue weighted by molar-refractivity contribution is 6.30. The quantitative estimate of drug-likeness (QED) is 0.563. The molecule has 0 bridgehead atoms. The molecule has 27 heavy (non-hydrogen) atoms. The van der Waals surface area contributed by atoms with Crippen molar-refractivity contribution in [1.29, 1.82) is 0 Å². The standard InChI is InChI=1S/C17H9ClF3N5O/c18-11-4-1-9(2-5-11)12-8-23-26-15(24-25-16(26)27)14(12)10-3-6-13(22-7-10)17(19,20)21/h1-8H,(H,25,27). The molecule has 10 heteroatoms. The van der Waals surface area contributed by atoms with Gasteiger partial charge in [0.1, 0.15) is 5.69 Å². The molecule has 0 radical (unpaired) electrons. The molecule has 4 rings (SSSR count). The van der Waals surface area contributed by atoms with E-state index in [1.54, 1.807) is 24.3 Å². The van der Waals surface area contributed by atoms with E-state index in [0.717, 1.165) is 16.8 Å². The lowest BCUT2D eigenvalue weighted by Gasteiger charge is -2.11. The van der Waals surface area contributed by atoms with Gasteiger partial charge in [0.25, 0.3) is 0 Å². The zero-order chi connectivity index (χ0) is 19.2. The number of hydrogen-bond acceptors (Lipinski definition) is 4. The van der Waals surface area contributed by atoms with Gasteiger partial charge in [0.2, 0.25) is 0 Å². The van der Waals surface area contributed by atoms with Crippen molar-refractivity contribution < 1.29 is 13.2 Å². The third-order valence-electron chi connectivity index (χ3n) is 3.94. The van der Waals surface area contributed by atoms with Crippen molar-refractivity contribution in [2.45, 2.75) is 6.18 Å². The van der Waals surface area contributed by atoms with E-state index in [2.05, 4.69) is 20.3 Å². The zero-order valence-corrected chi connectivity index (χ0v) is 14.1. The van der Waals surface area contributed by atoms with E-state index in [1.807, 2.05) is 0 Å². The second-order valence-corrected chi connectivity index (χ2v) is 6.07. The number of alkyl halides is 3. The van der Waals surface area contributed by atoms with E-state index in [4.69, 9.17) is 11.6 Å². The molecule has 3 heterocycles. The van der Waals surface area contributed by atoms with Crippen molar-refractivity contribution in [2.24, 2.45) is 0 Å². The Morgan fingerprint density at radius 1 is 1.00 bits per heavy atom. The molecule has 0 unspecified atom stereocenters. The van der Waals surface area contributed by atoms with Crippen LogP contribution in [0.5, 0.6) is 0 Å². The SMILES string of the molecule is O=c1[nH]nc2c(-c3ccc(C(F)(F)F)nc3)c(-c3ccc(Cl)cc3)cnn12. The third kappa shape index (κ3) is 3.06. The first kappa shape index (κ1) is 17.2. The van der Waals surface area contributed by atoms with Crippen molar-refractivity contribution in [1.82, 2.24) is 24.8 Å². The van der Waals surface area contributed by atoms with E-state index in [-0.39, 0.29) is 5.65 Å². The van der Waals surface area contributed by atoms with Gasteiger partial charge in [-0.15, -0.1) is 0 Å². The van der Waals surface area contributed by atoms with Crippen LogP contribution in [-0.2, 0) is 6.18 Å². The highest BCUT2D eigenvalue weighted by atomic mass is 35.5. The van der Waals surface area contributed by atoms with Crippen LogP contribution in [0.15, 0.2) is 53.6 Å². The summed E-state index contributed by atoms with van der Waals surface area (Å²) < 4.78 is 39.5.